The summed E-state index contributed by atoms with van der Waals surface area (Å²) in [6.07, 6.45) is 1.93. The van der Waals surface area contributed by atoms with Gasteiger partial charge in [0.1, 0.15) is 0 Å². The number of nitrogens with one attached hydrogen (secondary N) is 1. The highest BCUT2D eigenvalue weighted by atomic mass is 16.4. The quantitative estimate of drug-likeness (QED) is 0.626. The number of para-hydroxylation sites is 1. The number of fused-ring (bicyclic) bond motifs is 1. The summed E-state index contributed by atoms with van der Waals surface area (Å²) in [6, 6.07) is 7.42. The lowest BCUT2D eigenvalue weighted by Gasteiger charge is -1.94. The van der Waals surface area contributed by atoms with Gasteiger partial charge < -0.3 is 10.1 Å². The van der Waals surface area contributed by atoms with Crippen molar-refractivity contribution in [1.82, 2.24) is 4.98 Å². The summed E-state index contributed by atoms with van der Waals surface area (Å²) in [5.41, 5.74) is 2.14. The zero-order chi connectivity index (χ0) is 12.4. The number of carbonyl (C=O) groups excluding carboxylic acids is 1. The van der Waals surface area contributed by atoms with E-state index in [1.165, 1.54) is 0 Å². The van der Waals surface area contributed by atoms with Crippen LogP contribution in [-0.4, -0.2) is 21.8 Å². The number of benzene rings is 1. The Morgan fingerprint density at radius 1 is 1.24 bits per heavy atom. The molecule has 0 amide bonds. The number of aromatic nitrogens is 1. The minimum atomic E-state index is -1.13. The molecule has 0 aliphatic carbocycles. The van der Waals surface area contributed by atoms with Gasteiger partial charge in [-0.1, -0.05) is 18.2 Å². The van der Waals surface area contributed by atoms with E-state index in [0.717, 1.165) is 28.7 Å². The lowest BCUT2D eigenvalue weighted by molar-refractivity contribution is -0.131. The largest absolute Gasteiger partial charge is 0.478 e. The number of aromatic amines is 1. The van der Waals surface area contributed by atoms with Crippen molar-refractivity contribution >= 4 is 22.7 Å². The summed E-state index contributed by atoms with van der Waals surface area (Å²) in [5.74, 6) is -1.43. The number of hydrogen-bond donors (Lipinski definition) is 2. The van der Waals surface area contributed by atoms with Crippen LogP contribution in [0.25, 0.3) is 10.9 Å². The van der Waals surface area contributed by atoms with Crippen LogP contribution in [0.5, 0.6) is 0 Å². The number of H-pyrrole nitrogens is 1. The number of carboxylic acid groups (broad SMARTS) is 1. The third-order valence-corrected chi connectivity index (χ3v) is 2.52. The van der Waals surface area contributed by atoms with Gasteiger partial charge in [-0.15, -0.1) is 0 Å². The average Bonchev–Trinajstić information content (AvgIpc) is 2.61. The van der Waals surface area contributed by atoms with Gasteiger partial charge >= 0.3 is 5.97 Å². The molecule has 0 spiro atoms. The molecule has 0 saturated carbocycles. The first-order valence-corrected chi connectivity index (χ1v) is 5.12. The minimum absolute atomic E-state index is 0.303. The zero-order valence-electron chi connectivity index (χ0n) is 9.23. The molecular formula is C13H11NO3. The van der Waals surface area contributed by atoms with Crippen molar-refractivity contribution in [3.63, 3.8) is 0 Å². The molecule has 1 aromatic carbocycles. The van der Waals surface area contributed by atoms with Crippen molar-refractivity contribution in [2.75, 3.05) is 0 Å². The molecule has 0 fully saturated rings. The Kier molecular flexibility index (Phi) is 2.78. The van der Waals surface area contributed by atoms with Gasteiger partial charge in [0, 0.05) is 22.7 Å². The van der Waals surface area contributed by atoms with Gasteiger partial charge in [-0.05, 0) is 19.1 Å². The van der Waals surface area contributed by atoms with Crippen LogP contribution >= 0.6 is 0 Å². The molecule has 2 rings (SSSR count). The average molecular weight is 229 g/mol. The lowest BCUT2D eigenvalue weighted by Crippen LogP contribution is -1.97. The molecule has 1 aromatic heterocycles. The Bertz CT molecular complexity index is 623. The first-order valence-electron chi connectivity index (χ1n) is 5.12. The van der Waals surface area contributed by atoms with Crippen LogP contribution in [0, 0.1) is 6.92 Å². The van der Waals surface area contributed by atoms with Crippen molar-refractivity contribution < 1.29 is 14.7 Å². The standard InChI is InChI=1S/C13H11NO3/c1-8-13(11(15)6-7-12(16)17)9-4-2-3-5-10(9)14-8/h2-7,14H,1H3,(H,16,17)/b7-6+. The molecule has 0 saturated heterocycles. The first kappa shape index (κ1) is 11.1. The third-order valence-electron chi connectivity index (χ3n) is 2.52. The molecule has 4 nitrogen and oxygen atoms in total. The van der Waals surface area contributed by atoms with Crippen LogP contribution in [-0.2, 0) is 4.79 Å². The van der Waals surface area contributed by atoms with Crippen LogP contribution in [0.2, 0.25) is 0 Å². The zero-order valence-corrected chi connectivity index (χ0v) is 9.23. The molecule has 0 bridgehead atoms. The van der Waals surface area contributed by atoms with Gasteiger partial charge in [0.2, 0.25) is 0 Å². The highest BCUT2D eigenvalue weighted by Crippen LogP contribution is 2.22. The van der Waals surface area contributed by atoms with Gasteiger partial charge in [0.05, 0.1) is 5.56 Å². The maximum absolute atomic E-state index is 11.9. The molecule has 17 heavy (non-hydrogen) atoms. The second-order valence-electron chi connectivity index (χ2n) is 3.71. The number of aliphatic carboxylic acids is 1. The number of hydrogen-bond acceptors (Lipinski definition) is 2. The molecular weight excluding hydrogens is 218 g/mol. The van der Waals surface area contributed by atoms with Crippen molar-refractivity contribution in [3.8, 4) is 0 Å². The summed E-state index contributed by atoms with van der Waals surface area (Å²) in [5, 5.41) is 9.31. The maximum atomic E-state index is 11.9. The summed E-state index contributed by atoms with van der Waals surface area (Å²) in [4.78, 5) is 25.3. The predicted molar refractivity (Wildman–Crippen MR) is 64.1 cm³/mol. The summed E-state index contributed by atoms with van der Waals surface area (Å²) in [6.45, 7) is 1.79. The van der Waals surface area contributed by atoms with Crippen molar-refractivity contribution in [3.05, 3.63) is 47.7 Å². The van der Waals surface area contributed by atoms with Crippen LogP contribution in [0.3, 0.4) is 0 Å². The van der Waals surface area contributed by atoms with Gasteiger partial charge in [-0.2, -0.15) is 0 Å². The number of ketones is 1. The van der Waals surface area contributed by atoms with Crippen LogP contribution < -0.4 is 0 Å². The Morgan fingerprint density at radius 2 is 1.94 bits per heavy atom. The molecule has 4 heteroatoms. The van der Waals surface area contributed by atoms with Crippen molar-refractivity contribution in [2.45, 2.75) is 6.92 Å². The molecule has 86 valence electrons. The van der Waals surface area contributed by atoms with E-state index in [1.807, 2.05) is 24.3 Å². The van der Waals surface area contributed by atoms with Gasteiger partial charge in [-0.25, -0.2) is 4.79 Å². The fourth-order valence-electron chi connectivity index (χ4n) is 1.82. The second-order valence-corrected chi connectivity index (χ2v) is 3.71. The van der Waals surface area contributed by atoms with Gasteiger partial charge in [0.15, 0.2) is 5.78 Å². The first-order chi connectivity index (χ1) is 8.09. The molecule has 0 aliphatic rings. The van der Waals surface area contributed by atoms with E-state index in [4.69, 9.17) is 5.11 Å². The number of carboxylic acids is 1. The van der Waals surface area contributed by atoms with E-state index in [0.29, 0.717) is 5.56 Å². The van der Waals surface area contributed by atoms with E-state index in [-0.39, 0.29) is 5.78 Å². The Balaban J connectivity index is 2.51. The molecule has 0 unspecified atom stereocenters. The number of rotatable bonds is 3. The molecule has 1 heterocycles. The topological polar surface area (TPSA) is 70.2 Å². The second kappa shape index (κ2) is 4.25. The highest BCUT2D eigenvalue weighted by molar-refractivity contribution is 6.15. The Hall–Kier alpha value is -2.36. The van der Waals surface area contributed by atoms with Crippen molar-refractivity contribution in [2.24, 2.45) is 0 Å². The normalized spacial score (nSPS) is 11.1. The van der Waals surface area contributed by atoms with E-state index < -0.39 is 5.97 Å². The van der Waals surface area contributed by atoms with E-state index in [9.17, 15) is 9.59 Å². The van der Waals surface area contributed by atoms with Crippen LogP contribution in [0.15, 0.2) is 36.4 Å². The molecule has 0 radical (unpaired) electrons. The highest BCUT2D eigenvalue weighted by Gasteiger charge is 2.13. The van der Waals surface area contributed by atoms with Gasteiger partial charge in [0.25, 0.3) is 0 Å². The minimum Gasteiger partial charge on any atom is -0.478 e. The van der Waals surface area contributed by atoms with Crippen LogP contribution in [0.4, 0.5) is 0 Å². The number of aryl methyl sites for hydroxylation is 1. The molecule has 2 aromatic rings. The van der Waals surface area contributed by atoms with Crippen molar-refractivity contribution in [1.29, 1.82) is 0 Å². The molecule has 0 aliphatic heterocycles. The SMILES string of the molecule is Cc1[nH]c2ccccc2c1C(=O)/C=C/C(=O)O. The van der Waals surface area contributed by atoms with E-state index in [1.54, 1.807) is 6.92 Å². The smallest absolute Gasteiger partial charge is 0.328 e. The monoisotopic (exact) mass is 229 g/mol. The van der Waals surface area contributed by atoms with Gasteiger partial charge in [-0.3, -0.25) is 4.79 Å². The van der Waals surface area contributed by atoms with E-state index >= 15 is 0 Å². The fraction of sp³-hybridized carbons (Fsp3) is 0.0769. The molecule has 0 atom stereocenters. The Morgan fingerprint density at radius 3 is 2.65 bits per heavy atom. The summed E-state index contributed by atoms with van der Waals surface area (Å²) >= 11 is 0. The van der Waals surface area contributed by atoms with E-state index in [2.05, 4.69) is 4.98 Å². The lowest BCUT2D eigenvalue weighted by atomic mass is 10.1. The summed E-state index contributed by atoms with van der Waals surface area (Å²) < 4.78 is 0. The predicted octanol–water partition coefficient (Wildman–Crippen LogP) is 2.30. The summed E-state index contributed by atoms with van der Waals surface area (Å²) in [7, 11) is 0. The third kappa shape index (κ3) is 2.10. The molecule has 2 N–H and O–H groups in total. The maximum Gasteiger partial charge on any atom is 0.328 e. The number of allylic oxidation sites excluding steroid dienone is 1. The Labute approximate surface area is 97.6 Å². The van der Waals surface area contributed by atoms with Crippen LogP contribution in [0.1, 0.15) is 16.1 Å². The fourth-order valence-corrected chi connectivity index (χ4v) is 1.82. The number of carbonyl (C=O) groups is 2.